The molecule has 2 heterocycles. The fraction of sp³-hybridized carbons (Fsp3) is 0.111. The molecule has 0 bridgehead atoms. The fourth-order valence-corrected chi connectivity index (χ4v) is 1.26. The summed E-state index contributed by atoms with van der Waals surface area (Å²) in [5, 5.41) is 3.52. The summed E-state index contributed by atoms with van der Waals surface area (Å²) in [6.45, 7) is 0. The first-order valence-electron chi connectivity index (χ1n) is 3.91. The molecule has 0 amide bonds. The van der Waals surface area contributed by atoms with Gasteiger partial charge in [-0.1, -0.05) is 5.16 Å². The van der Waals surface area contributed by atoms with Crippen molar-refractivity contribution in [1.29, 1.82) is 0 Å². The second-order valence-corrected chi connectivity index (χ2v) is 2.89. The maximum atomic E-state index is 11.2. The van der Waals surface area contributed by atoms with Crippen LogP contribution in [0.3, 0.4) is 0 Å². The zero-order chi connectivity index (χ0) is 9.97. The first-order valence-corrected chi connectivity index (χ1v) is 4.44. The topological polar surface area (TPSA) is 51.8 Å². The van der Waals surface area contributed by atoms with Gasteiger partial charge < -0.3 is 9.25 Å². The van der Waals surface area contributed by atoms with Crippen LogP contribution in [0.5, 0.6) is 0 Å². The molecule has 5 heteroatoms. The van der Waals surface area contributed by atoms with Crippen molar-refractivity contribution in [2.24, 2.45) is 5.16 Å². The number of halogens is 1. The maximum absolute atomic E-state index is 11.2. The third-order valence-electron chi connectivity index (χ3n) is 1.73. The largest absolute Gasteiger partial charge is 0.465 e. The molecule has 0 atom stereocenters. The molecule has 1 aliphatic rings. The van der Waals surface area contributed by atoms with E-state index in [2.05, 4.69) is 9.99 Å². The fourth-order valence-electron chi connectivity index (χ4n) is 1.07. The molecule has 0 spiro atoms. The van der Waals surface area contributed by atoms with Gasteiger partial charge in [-0.3, -0.25) is 0 Å². The Morgan fingerprint density at radius 2 is 2.43 bits per heavy atom. The summed E-state index contributed by atoms with van der Waals surface area (Å²) in [6, 6.07) is 3.45. The van der Waals surface area contributed by atoms with Crippen LogP contribution in [0.2, 0.25) is 0 Å². The van der Waals surface area contributed by atoms with Crippen LogP contribution < -0.4 is 0 Å². The second kappa shape index (κ2) is 3.67. The van der Waals surface area contributed by atoms with Gasteiger partial charge in [-0.15, -0.1) is 11.6 Å². The van der Waals surface area contributed by atoms with E-state index in [0.29, 0.717) is 17.0 Å². The number of carbonyl (C=O) groups excluding carboxylic acids is 1. The SMILES string of the molecule is O=C1ON=C(CCl)C1=Cc1ccco1. The van der Waals surface area contributed by atoms with Crippen LogP contribution >= 0.6 is 11.6 Å². The van der Waals surface area contributed by atoms with Crippen LogP contribution in [-0.4, -0.2) is 17.6 Å². The van der Waals surface area contributed by atoms with Crippen molar-refractivity contribution in [1.82, 2.24) is 0 Å². The molecule has 0 aromatic carbocycles. The van der Waals surface area contributed by atoms with E-state index in [9.17, 15) is 4.79 Å². The van der Waals surface area contributed by atoms with Crippen LogP contribution in [0.15, 0.2) is 33.5 Å². The Bertz CT molecular complexity index is 406. The summed E-state index contributed by atoms with van der Waals surface area (Å²) in [4.78, 5) is 15.6. The normalized spacial score (nSPS) is 18.5. The number of alkyl halides is 1. The number of furan rings is 1. The van der Waals surface area contributed by atoms with E-state index in [4.69, 9.17) is 16.0 Å². The zero-order valence-electron chi connectivity index (χ0n) is 7.07. The first kappa shape index (κ1) is 9.02. The van der Waals surface area contributed by atoms with E-state index < -0.39 is 5.97 Å². The van der Waals surface area contributed by atoms with Gasteiger partial charge in [0, 0.05) is 0 Å². The summed E-state index contributed by atoms with van der Waals surface area (Å²) in [5.41, 5.74) is 0.767. The average Bonchev–Trinajstić information content (AvgIpc) is 2.79. The van der Waals surface area contributed by atoms with Crippen molar-refractivity contribution >= 4 is 29.4 Å². The molecule has 1 aliphatic heterocycles. The van der Waals surface area contributed by atoms with Gasteiger partial charge in [0.15, 0.2) is 0 Å². The molecule has 0 radical (unpaired) electrons. The van der Waals surface area contributed by atoms with Crippen LogP contribution in [-0.2, 0) is 9.63 Å². The summed E-state index contributed by atoms with van der Waals surface area (Å²) >= 11 is 5.57. The number of oxime groups is 1. The number of nitrogens with zero attached hydrogens (tertiary/aromatic N) is 1. The van der Waals surface area contributed by atoms with Crippen molar-refractivity contribution in [3.05, 3.63) is 29.7 Å². The molecule has 4 nitrogen and oxygen atoms in total. The third-order valence-corrected chi connectivity index (χ3v) is 1.98. The van der Waals surface area contributed by atoms with E-state index in [1.165, 1.54) is 6.26 Å². The van der Waals surface area contributed by atoms with Crippen LogP contribution in [0.4, 0.5) is 0 Å². The number of hydrogen-bond acceptors (Lipinski definition) is 4. The lowest BCUT2D eigenvalue weighted by atomic mass is 10.1. The Hall–Kier alpha value is -1.55. The highest BCUT2D eigenvalue weighted by molar-refractivity contribution is 6.38. The molecule has 2 rings (SSSR count). The highest BCUT2D eigenvalue weighted by atomic mass is 35.5. The van der Waals surface area contributed by atoms with E-state index in [0.717, 1.165) is 0 Å². The lowest BCUT2D eigenvalue weighted by molar-refractivity contribution is -0.136. The van der Waals surface area contributed by atoms with E-state index in [-0.39, 0.29) is 5.88 Å². The van der Waals surface area contributed by atoms with Crippen molar-refractivity contribution in [3.8, 4) is 0 Å². The van der Waals surface area contributed by atoms with E-state index in [1.54, 1.807) is 18.2 Å². The van der Waals surface area contributed by atoms with Crippen LogP contribution in [0.1, 0.15) is 5.76 Å². The minimum Gasteiger partial charge on any atom is -0.465 e. The third kappa shape index (κ3) is 1.56. The summed E-state index contributed by atoms with van der Waals surface area (Å²) < 4.78 is 5.05. The highest BCUT2D eigenvalue weighted by Gasteiger charge is 2.24. The number of rotatable bonds is 2. The lowest BCUT2D eigenvalue weighted by Crippen LogP contribution is -2.06. The van der Waals surface area contributed by atoms with Crippen LogP contribution in [0.25, 0.3) is 6.08 Å². The Kier molecular flexibility index (Phi) is 2.37. The molecule has 0 aliphatic carbocycles. The average molecular weight is 212 g/mol. The van der Waals surface area contributed by atoms with Gasteiger partial charge in [0.25, 0.3) is 0 Å². The maximum Gasteiger partial charge on any atom is 0.367 e. The molecule has 1 aromatic heterocycles. The number of hydrogen-bond donors (Lipinski definition) is 0. The van der Waals surface area contributed by atoms with Gasteiger partial charge in [-0.2, -0.15) is 0 Å². The smallest absolute Gasteiger partial charge is 0.367 e. The van der Waals surface area contributed by atoms with Gasteiger partial charge in [-0.05, 0) is 18.2 Å². The van der Waals surface area contributed by atoms with Gasteiger partial charge in [-0.25, -0.2) is 4.79 Å². The predicted molar refractivity (Wildman–Crippen MR) is 50.9 cm³/mol. The monoisotopic (exact) mass is 211 g/mol. The molecular weight excluding hydrogens is 206 g/mol. The standard InChI is InChI=1S/C9H6ClNO3/c10-5-8-7(9(12)14-11-8)4-6-2-1-3-13-6/h1-4H,5H2. The van der Waals surface area contributed by atoms with E-state index in [1.807, 2.05) is 0 Å². The Balaban J connectivity index is 2.33. The minimum absolute atomic E-state index is 0.137. The Morgan fingerprint density at radius 3 is 3.07 bits per heavy atom. The molecular formula is C9H6ClNO3. The lowest BCUT2D eigenvalue weighted by Gasteiger charge is -1.91. The summed E-state index contributed by atoms with van der Waals surface area (Å²) in [5.74, 6) is 0.201. The zero-order valence-corrected chi connectivity index (χ0v) is 7.82. The van der Waals surface area contributed by atoms with Crippen molar-refractivity contribution in [2.75, 3.05) is 5.88 Å². The van der Waals surface area contributed by atoms with Gasteiger partial charge in [0.1, 0.15) is 11.5 Å². The van der Waals surface area contributed by atoms with Gasteiger partial charge in [0.2, 0.25) is 0 Å². The summed E-state index contributed by atoms with van der Waals surface area (Å²) in [6.07, 6.45) is 3.07. The Morgan fingerprint density at radius 1 is 1.57 bits per heavy atom. The van der Waals surface area contributed by atoms with Gasteiger partial charge >= 0.3 is 5.97 Å². The quantitative estimate of drug-likeness (QED) is 0.426. The number of carbonyl (C=O) groups is 1. The molecule has 0 saturated heterocycles. The predicted octanol–water partition coefficient (Wildman–Crippen LogP) is 1.81. The van der Waals surface area contributed by atoms with Crippen molar-refractivity contribution < 1.29 is 14.0 Å². The molecule has 72 valence electrons. The van der Waals surface area contributed by atoms with Crippen LogP contribution in [0, 0.1) is 0 Å². The molecule has 14 heavy (non-hydrogen) atoms. The van der Waals surface area contributed by atoms with Gasteiger partial charge in [0.05, 0.1) is 17.7 Å². The van der Waals surface area contributed by atoms with E-state index >= 15 is 0 Å². The van der Waals surface area contributed by atoms with Crippen molar-refractivity contribution in [3.63, 3.8) is 0 Å². The molecule has 0 unspecified atom stereocenters. The molecule has 0 N–H and O–H groups in total. The molecule has 1 aromatic rings. The minimum atomic E-state index is -0.503. The summed E-state index contributed by atoms with van der Waals surface area (Å²) in [7, 11) is 0. The molecule has 0 fully saturated rings. The highest BCUT2D eigenvalue weighted by Crippen LogP contribution is 2.16. The van der Waals surface area contributed by atoms with Crippen molar-refractivity contribution in [2.45, 2.75) is 0 Å². The first-order chi connectivity index (χ1) is 6.81. The molecule has 0 saturated carbocycles. The Labute approximate surface area is 84.8 Å². The second-order valence-electron chi connectivity index (χ2n) is 2.62.